The predicted octanol–water partition coefficient (Wildman–Crippen LogP) is 4.30. The van der Waals surface area contributed by atoms with Gasteiger partial charge in [-0.05, 0) is 44.2 Å². The molecule has 0 fully saturated rings. The first-order chi connectivity index (χ1) is 10.2. The van der Waals surface area contributed by atoms with Gasteiger partial charge >= 0.3 is 0 Å². The van der Waals surface area contributed by atoms with Gasteiger partial charge in [-0.1, -0.05) is 30.8 Å². The van der Waals surface area contributed by atoms with Crippen LogP contribution in [0.4, 0.5) is 0 Å². The highest BCUT2D eigenvalue weighted by molar-refractivity contribution is 7.99. The maximum Gasteiger partial charge on any atom is 0.132 e. The van der Waals surface area contributed by atoms with Gasteiger partial charge in [-0.2, -0.15) is 0 Å². The number of hydrogen-bond acceptors (Lipinski definition) is 4. The maximum atomic E-state index is 5.37. The SMILES string of the molecule is CCCNC(C)c1ccc(Sc2ccccc2OC)cn1. The molecule has 0 aliphatic heterocycles. The Hall–Kier alpha value is -1.52. The highest BCUT2D eigenvalue weighted by Gasteiger charge is 2.07. The molecule has 0 radical (unpaired) electrons. The first-order valence-corrected chi connectivity index (χ1v) is 8.06. The standard InChI is InChI=1S/C17H22N2OS/c1-4-11-18-13(2)15-10-9-14(12-19-15)21-17-8-6-5-7-16(17)20-3/h5-10,12-13,18H,4,11H2,1-3H3. The predicted molar refractivity (Wildman–Crippen MR) is 88.1 cm³/mol. The van der Waals surface area contributed by atoms with Crippen molar-refractivity contribution in [2.75, 3.05) is 13.7 Å². The molecule has 2 aromatic rings. The summed E-state index contributed by atoms with van der Waals surface area (Å²) in [4.78, 5) is 6.78. The van der Waals surface area contributed by atoms with E-state index in [0.717, 1.165) is 34.2 Å². The number of para-hydroxylation sites is 1. The van der Waals surface area contributed by atoms with Gasteiger partial charge in [0.1, 0.15) is 5.75 Å². The van der Waals surface area contributed by atoms with Gasteiger partial charge in [0.15, 0.2) is 0 Å². The summed E-state index contributed by atoms with van der Waals surface area (Å²) in [5, 5.41) is 3.45. The fourth-order valence-electron chi connectivity index (χ4n) is 2.00. The molecule has 2 rings (SSSR count). The van der Waals surface area contributed by atoms with Crippen molar-refractivity contribution in [2.45, 2.75) is 36.1 Å². The summed E-state index contributed by atoms with van der Waals surface area (Å²) in [6.45, 7) is 5.33. The molecule has 112 valence electrons. The van der Waals surface area contributed by atoms with Crippen molar-refractivity contribution in [3.8, 4) is 5.75 Å². The van der Waals surface area contributed by atoms with Crippen molar-refractivity contribution in [3.63, 3.8) is 0 Å². The zero-order chi connectivity index (χ0) is 15.1. The molecular weight excluding hydrogens is 280 g/mol. The molecule has 3 nitrogen and oxygen atoms in total. The van der Waals surface area contributed by atoms with Gasteiger partial charge in [-0.25, -0.2) is 0 Å². The van der Waals surface area contributed by atoms with E-state index in [4.69, 9.17) is 4.74 Å². The fraction of sp³-hybridized carbons (Fsp3) is 0.353. The van der Waals surface area contributed by atoms with E-state index < -0.39 is 0 Å². The molecule has 4 heteroatoms. The average Bonchev–Trinajstić information content (AvgIpc) is 2.54. The maximum absolute atomic E-state index is 5.37. The zero-order valence-corrected chi connectivity index (χ0v) is 13.6. The third kappa shape index (κ3) is 4.48. The Bertz CT molecular complexity index is 557. The molecule has 0 amide bonds. The van der Waals surface area contributed by atoms with E-state index >= 15 is 0 Å². The van der Waals surface area contributed by atoms with Crippen LogP contribution >= 0.6 is 11.8 Å². The smallest absolute Gasteiger partial charge is 0.132 e. The van der Waals surface area contributed by atoms with Crippen molar-refractivity contribution in [2.24, 2.45) is 0 Å². The van der Waals surface area contributed by atoms with Gasteiger partial charge in [-0.3, -0.25) is 4.98 Å². The molecule has 1 unspecified atom stereocenters. The normalized spacial score (nSPS) is 12.1. The Balaban J connectivity index is 2.05. The number of aromatic nitrogens is 1. The van der Waals surface area contributed by atoms with Crippen molar-refractivity contribution in [1.82, 2.24) is 10.3 Å². The Morgan fingerprint density at radius 3 is 2.71 bits per heavy atom. The number of pyridine rings is 1. The summed E-state index contributed by atoms with van der Waals surface area (Å²) < 4.78 is 5.37. The van der Waals surface area contributed by atoms with Crippen LogP contribution in [0.3, 0.4) is 0 Å². The molecule has 1 atom stereocenters. The van der Waals surface area contributed by atoms with Crippen molar-refractivity contribution < 1.29 is 4.74 Å². The number of ether oxygens (including phenoxy) is 1. The summed E-state index contributed by atoms with van der Waals surface area (Å²) in [6, 6.07) is 12.5. The number of hydrogen-bond donors (Lipinski definition) is 1. The van der Waals surface area contributed by atoms with Crippen LogP contribution < -0.4 is 10.1 Å². The molecule has 1 N–H and O–H groups in total. The highest BCUT2D eigenvalue weighted by Crippen LogP contribution is 2.34. The summed E-state index contributed by atoms with van der Waals surface area (Å²) in [5.41, 5.74) is 1.08. The minimum atomic E-state index is 0.287. The Labute approximate surface area is 131 Å². The molecule has 1 aromatic carbocycles. The quantitative estimate of drug-likeness (QED) is 0.827. The first kappa shape index (κ1) is 15.9. The monoisotopic (exact) mass is 302 g/mol. The lowest BCUT2D eigenvalue weighted by molar-refractivity contribution is 0.405. The van der Waals surface area contributed by atoms with Gasteiger partial charge in [-0.15, -0.1) is 0 Å². The highest BCUT2D eigenvalue weighted by atomic mass is 32.2. The molecule has 21 heavy (non-hydrogen) atoms. The van der Waals surface area contributed by atoms with Crippen molar-refractivity contribution in [1.29, 1.82) is 0 Å². The lowest BCUT2D eigenvalue weighted by Crippen LogP contribution is -2.20. The number of rotatable bonds is 7. The van der Waals surface area contributed by atoms with Gasteiger partial charge in [0, 0.05) is 17.1 Å². The number of benzene rings is 1. The van der Waals surface area contributed by atoms with E-state index in [0.29, 0.717) is 0 Å². The second-order valence-electron chi connectivity index (χ2n) is 4.85. The Morgan fingerprint density at radius 2 is 2.05 bits per heavy atom. The van der Waals surface area contributed by atoms with Crippen LogP contribution in [0.15, 0.2) is 52.4 Å². The summed E-state index contributed by atoms with van der Waals surface area (Å²) in [6.07, 6.45) is 3.06. The number of nitrogens with zero attached hydrogens (tertiary/aromatic N) is 1. The van der Waals surface area contributed by atoms with E-state index in [1.165, 1.54) is 0 Å². The van der Waals surface area contributed by atoms with Gasteiger partial charge in [0.2, 0.25) is 0 Å². The van der Waals surface area contributed by atoms with Crippen LogP contribution in [0, 0.1) is 0 Å². The molecule has 1 aromatic heterocycles. The van der Waals surface area contributed by atoms with Crippen LogP contribution in [-0.4, -0.2) is 18.6 Å². The number of nitrogens with one attached hydrogen (secondary N) is 1. The Morgan fingerprint density at radius 1 is 1.24 bits per heavy atom. The molecule has 0 spiro atoms. The summed E-state index contributed by atoms with van der Waals surface area (Å²) in [7, 11) is 1.70. The fourth-order valence-corrected chi connectivity index (χ4v) is 2.90. The molecule has 1 heterocycles. The minimum Gasteiger partial charge on any atom is -0.496 e. The molecular formula is C17H22N2OS. The molecule has 0 saturated carbocycles. The van der Waals surface area contributed by atoms with E-state index in [1.807, 2.05) is 24.4 Å². The zero-order valence-electron chi connectivity index (χ0n) is 12.8. The molecule has 0 aliphatic rings. The van der Waals surface area contributed by atoms with Gasteiger partial charge < -0.3 is 10.1 Å². The minimum absolute atomic E-state index is 0.287. The topological polar surface area (TPSA) is 34.1 Å². The average molecular weight is 302 g/mol. The summed E-state index contributed by atoms with van der Waals surface area (Å²) in [5.74, 6) is 0.893. The van der Waals surface area contributed by atoms with E-state index in [9.17, 15) is 0 Å². The van der Waals surface area contributed by atoms with E-state index in [-0.39, 0.29) is 6.04 Å². The van der Waals surface area contributed by atoms with Crippen LogP contribution in [0.25, 0.3) is 0 Å². The van der Waals surface area contributed by atoms with Crippen LogP contribution in [0.5, 0.6) is 5.75 Å². The van der Waals surface area contributed by atoms with Crippen LogP contribution in [0.1, 0.15) is 32.0 Å². The first-order valence-electron chi connectivity index (χ1n) is 7.24. The lowest BCUT2D eigenvalue weighted by Gasteiger charge is -2.13. The third-order valence-corrected chi connectivity index (χ3v) is 4.23. The number of methoxy groups -OCH3 is 1. The van der Waals surface area contributed by atoms with E-state index in [1.54, 1.807) is 18.9 Å². The molecule has 0 aliphatic carbocycles. The largest absolute Gasteiger partial charge is 0.496 e. The third-order valence-electron chi connectivity index (χ3n) is 3.20. The molecule has 0 bridgehead atoms. The summed E-state index contributed by atoms with van der Waals surface area (Å²) >= 11 is 1.67. The molecule has 0 saturated heterocycles. The van der Waals surface area contributed by atoms with Gasteiger partial charge in [0.05, 0.1) is 17.7 Å². The van der Waals surface area contributed by atoms with Crippen LogP contribution in [0.2, 0.25) is 0 Å². The van der Waals surface area contributed by atoms with Crippen molar-refractivity contribution in [3.05, 3.63) is 48.3 Å². The lowest BCUT2D eigenvalue weighted by atomic mass is 10.2. The second kappa shape index (κ2) is 8.05. The van der Waals surface area contributed by atoms with Gasteiger partial charge in [0.25, 0.3) is 0 Å². The Kier molecular flexibility index (Phi) is 6.08. The van der Waals surface area contributed by atoms with Crippen LogP contribution in [-0.2, 0) is 0 Å². The van der Waals surface area contributed by atoms with E-state index in [2.05, 4.69) is 42.3 Å². The second-order valence-corrected chi connectivity index (χ2v) is 5.96. The van der Waals surface area contributed by atoms with Crippen molar-refractivity contribution >= 4 is 11.8 Å².